The molecule has 1 aliphatic heterocycles. The largest absolute Gasteiger partial charge is 0.497 e. The molecule has 7 nitrogen and oxygen atoms in total. The van der Waals surface area contributed by atoms with E-state index in [1.54, 1.807) is 14.0 Å². The van der Waals surface area contributed by atoms with E-state index in [1.165, 1.54) is 4.68 Å². The van der Waals surface area contributed by atoms with Crippen LogP contribution in [0.5, 0.6) is 5.75 Å². The average molecular weight is 405 g/mol. The molecule has 2 aromatic carbocycles. The van der Waals surface area contributed by atoms with Crippen molar-refractivity contribution in [2.24, 2.45) is 0 Å². The van der Waals surface area contributed by atoms with Crippen LogP contribution >= 0.6 is 0 Å². The van der Waals surface area contributed by atoms with Gasteiger partial charge in [0.2, 0.25) is 0 Å². The lowest BCUT2D eigenvalue weighted by atomic mass is 9.82. The van der Waals surface area contributed by atoms with Gasteiger partial charge < -0.3 is 14.8 Å². The number of allylic oxidation sites excluding steroid dienone is 1. The number of nitrogens with one attached hydrogen (secondary N) is 2. The third-order valence-corrected chi connectivity index (χ3v) is 5.18. The van der Waals surface area contributed by atoms with Crippen molar-refractivity contribution in [1.82, 2.24) is 9.78 Å². The summed E-state index contributed by atoms with van der Waals surface area (Å²) in [5.41, 5.74) is 2.82. The van der Waals surface area contributed by atoms with Crippen LogP contribution in [0, 0.1) is 0 Å². The number of H-pyrrole nitrogens is 1. The van der Waals surface area contributed by atoms with E-state index in [0.29, 0.717) is 34.1 Å². The number of aromatic nitrogens is 2. The zero-order valence-corrected chi connectivity index (χ0v) is 17.1. The van der Waals surface area contributed by atoms with Gasteiger partial charge in [-0.15, -0.1) is 0 Å². The fraction of sp³-hybridized carbons (Fsp3) is 0.217. The number of benzene rings is 2. The minimum atomic E-state index is -0.570. The van der Waals surface area contributed by atoms with Gasteiger partial charge in [0.1, 0.15) is 11.6 Å². The number of carbonyl (C=O) groups is 1. The third kappa shape index (κ3) is 3.28. The van der Waals surface area contributed by atoms with Crippen molar-refractivity contribution in [3.05, 3.63) is 87.3 Å². The van der Waals surface area contributed by atoms with Gasteiger partial charge in [0.05, 0.1) is 36.5 Å². The maximum atomic E-state index is 13.4. The first-order chi connectivity index (χ1) is 14.5. The topological polar surface area (TPSA) is 85.4 Å². The van der Waals surface area contributed by atoms with Crippen molar-refractivity contribution >= 4 is 11.8 Å². The SMILES string of the molecule is CCOC(=O)C1=C(C)Nc2[nH]n(-c3ccccc3)c(=O)c2C1c1ccc(OC)cc1. The molecule has 1 aromatic heterocycles. The second-order valence-electron chi connectivity index (χ2n) is 6.97. The second-order valence-corrected chi connectivity index (χ2v) is 6.97. The highest BCUT2D eigenvalue weighted by Crippen LogP contribution is 2.40. The van der Waals surface area contributed by atoms with Gasteiger partial charge in [-0.25, -0.2) is 9.48 Å². The molecule has 0 aliphatic carbocycles. The van der Waals surface area contributed by atoms with E-state index in [4.69, 9.17) is 9.47 Å². The molecule has 2 N–H and O–H groups in total. The number of esters is 1. The number of ether oxygens (including phenoxy) is 2. The Hall–Kier alpha value is -3.74. The summed E-state index contributed by atoms with van der Waals surface area (Å²) in [6.07, 6.45) is 0. The van der Waals surface area contributed by atoms with Gasteiger partial charge in [0, 0.05) is 5.70 Å². The highest BCUT2D eigenvalue weighted by atomic mass is 16.5. The maximum Gasteiger partial charge on any atom is 0.336 e. The number of hydrogen-bond donors (Lipinski definition) is 2. The number of methoxy groups -OCH3 is 1. The summed E-state index contributed by atoms with van der Waals surface area (Å²) < 4.78 is 12.1. The van der Waals surface area contributed by atoms with Crippen LogP contribution in [0.25, 0.3) is 5.69 Å². The molecule has 0 amide bonds. The number of anilines is 1. The Morgan fingerprint density at radius 2 is 1.80 bits per heavy atom. The van der Waals surface area contributed by atoms with E-state index < -0.39 is 11.9 Å². The highest BCUT2D eigenvalue weighted by Gasteiger charge is 2.37. The summed E-state index contributed by atoms with van der Waals surface area (Å²) >= 11 is 0. The monoisotopic (exact) mass is 405 g/mol. The van der Waals surface area contributed by atoms with E-state index in [2.05, 4.69) is 10.4 Å². The van der Waals surface area contributed by atoms with E-state index >= 15 is 0 Å². The lowest BCUT2D eigenvalue weighted by molar-refractivity contribution is -0.138. The molecular weight excluding hydrogens is 382 g/mol. The predicted octanol–water partition coefficient (Wildman–Crippen LogP) is 3.57. The summed E-state index contributed by atoms with van der Waals surface area (Å²) in [4.78, 5) is 26.3. The number of rotatable bonds is 5. The number of fused-ring (bicyclic) bond motifs is 1. The first-order valence-electron chi connectivity index (χ1n) is 9.74. The van der Waals surface area contributed by atoms with Crippen LogP contribution in [0.3, 0.4) is 0 Å². The summed E-state index contributed by atoms with van der Waals surface area (Å²) in [5, 5.41) is 6.32. The first kappa shape index (κ1) is 19.6. The van der Waals surface area contributed by atoms with Crippen molar-refractivity contribution in [1.29, 1.82) is 0 Å². The quantitative estimate of drug-likeness (QED) is 0.634. The molecule has 0 fully saturated rings. The molecule has 154 valence electrons. The Balaban J connectivity index is 1.92. The molecule has 0 spiro atoms. The summed E-state index contributed by atoms with van der Waals surface area (Å²) in [7, 11) is 1.59. The average Bonchev–Trinajstić information content (AvgIpc) is 3.09. The van der Waals surface area contributed by atoms with Gasteiger partial charge in [-0.3, -0.25) is 9.89 Å². The smallest absolute Gasteiger partial charge is 0.336 e. The first-order valence-corrected chi connectivity index (χ1v) is 9.74. The molecule has 2 heterocycles. The highest BCUT2D eigenvalue weighted by molar-refractivity contribution is 5.94. The van der Waals surface area contributed by atoms with Gasteiger partial charge in [-0.1, -0.05) is 30.3 Å². The van der Waals surface area contributed by atoms with E-state index in [0.717, 1.165) is 5.56 Å². The van der Waals surface area contributed by atoms with Crippen molar-refractivity contribution in [3.63, 3.8) is 0 Å². The minimum Gasteiger partial charge on any atom is -0.497 e. The molecule has 0 saturated carbocycles. The Morgan fingerprint density at radius 3 is 2.43 bits per heavy atom. The third-order valence-electron chi connectivity index (χ3n) is 5.18. The molecule has 4 rings (SSSR count). The van der Waals surface area contributed by atoms with Crippen molar-refractivity contribution in [2.75, 3.05) is 19.0 Å². The van der Waals surface area contributed by atoms with Crippen LogP contribution in [-0.2, 0) is 9.53 Å². The zero-order valence-electron chi connectivity index (χ0n) is 17.1. The summed E-state index contributed by atoms with van der Waals surface area (Å²) in [6.45, 7) is 3.82. The van der Waals surface area contributed by atoms with Crippen LogP contribution in [0.2, 0.25) is 0 Å². The molecule has 7 heteroatoms. The summed E-state index contributed by atoms with van der Waals surface area (Å²) in [6, 6.07) is 16.7. The van der Waals surface area contributed by atoms with E-state index in [1.807, 2.05) is 61.5 Å². The Labute approximate surface area is 173 Å². The number of carbonyl (C=O) groups excluding carboxylic acids is 1. The van der Waals surface area contributed by atoms with Crippen LogP contribution in [0.15, 0.2) is 70.7 Å². The summed E-state index contributed by atoms with van der Waals surface area (Å²) in [5.74, 6) is 0.248. The van der Waals surface area contributed by atoms with Gasteiger partial charge in [0.25, 0.3) is 5.56 Å². The standard InChI is InChI=1S/C23H23N3O4/c1-4-30-23(28)18-14(2)24-21-20(19(18)15-10-12-17(29-3)13-11-15)22(27)26(25-21)16-8-6-5-7-9-16/h5-13,19,24-25H,4H2,1-3H3. The van der Waals surface area contributed by atoms with Gasteiger partial charge >= 0.3 is 5.97 Å². The normalized spacial score (nSPS) is 15.4. The van der Waals surface area contributed by atoms with Crippen molar-refractivity contribution in [3.8, 4) is 11.4 Å². The Bertz CT molecular complexity index is 1160. The molecule has 0 bridgehead atoms. The van der Waals surface area contributed by atoms with Crippen LogP contribution in [0.4, 0.5) is 5.82 Å². The predicted molar refractivity (Wildman–Crippen MR) is 114 cm³/mol. The van der Waals surface area contributed by atoms with Gasteiger partial charge in [0.15, 0.2) is 0 Å². The van der Waals surface area contributed by atoms with E-state index in [-0.39, 0.29) is 12.2 Å². The van der Waals surface area contributed by atoms with Gasteiger partial charge in [-0.2, -0.15) is 0 Å². The molecule has 1 unspecified atom stereocenters. The van der Waals surface area contributed by atoms with E-state index in [9.17, 15) is 9.59 Å². The molecule has 0 radical (unpaired) electrons. The minimum absolute atomic E-state index is 0.223. The second kappa shape index (κ2) is 7.94. The molecule has 1 aliphatic rings. The molecule has 3 aromatic rings. The van der Waals surface area contributed by atoms with Crippen molar-refractivity contribution in [2.45, 2.75) is 19.8 Å². The number of aromatic amines is 1. The number of para-hydroxylation sites is 1. The molecule has 1 atom stereocenters. The van der Waals surface area contributed by atoms with Crippen molar-refractivity contribution < 1.29 is 14.3 Å². The molecule has 30 heavy (non-hydrogen) atoms. The fourth-order valence-corrected chi connectivity index (χ4v) is 3.80. The molecular formula is C23H23N3O4. The van der Waals surface area contributed by atoms with Crippen LogP contribution < -0.4 is 15.6 Å². The zero-order chi connectivity index (χ0) is 21.3. The Morgan fingerprint density at radius 1 is 1.10 bits per heavy atom. The lowest BCUT2D eigenvalue weighted by Gasteiger charge is -2.26. The number of hydrogen-bond acceptors (Lipinski definition) is 5. The number of nitrogens with zero attached hydrogens (tertiary/aromatic N) is 1. The maximum absolute atomic E-state index is 13.4. The molecule has 0 saturated heterocycles. The van der Waals surface area contributed by atoms with Crippen LogP contribution in [0.1, 0.15) is 30.9 Å². The fourth-order valence-electron chi connectivity index (χ4n) is 3.80. The lowest BCUT2D eigenvalue weighted by Crippen LogP contribution is -2.28. The Kier molecular flexibility index (Phi) is 5.18. The van der Waals surface area contributed by atoms with Crippen LogP contribution in [-0.4, -0.2) is 29.5 Å². The van der Waals surface area contributed by atoms with Gasteiger partial charge in [-0.05, 0) is 43.7 Å².